The molecule has 1 atom stereocenters. The van der Waals surface area contributed by atoms with E-state index in [1.54, 1.807) is 0 Å². The van der Waals surface area contributed by atoms with E-state index in [1.165, 1.54) is 0 Å². The summed E-state index contributed by atoms with van der Waals surface area (Å²) in [5, 5.41) is 16.6. The molecule has 0 bridgehead atoms. The Morgan fingerprint density at radius 3 is 2.21 bits per heavy atom. The van der Waals surface area contributed by atoms with Crippen LogP contribution in [0.15, 0.2) is 0 Å². The number of carboxylic acids is 1. The number of carbonyl (C=O) groups is 3. The van der Waals surface area contributed by atoms with Crippen LogP contribution < -0.4 is 16.0 Å². The van der Waals surface area contributed by atoms with Gasteiger partial charge in [0.15, 0.2) is 0 Å². The van der Waals surface area contributed by atoms with Gasteiger partial charge >= 0.3 is 12.0 Å². The minimum Gasteiger partial charge on any atom is -0.480 e. The second-order valence-electron chi connectivity index (χ2n) is 5.12. The predicted octanol–water partition coefficient (Wildman–Crippen LogP) is -0.325. The van der Waals surface area contributed by atoms with Crippen molar-refractivity contribution in [2.45, 2.75) is 31.7 Å². The molecule has 7 nitrogen and oxygen atoms in total. The van der Waals surface area contributed by atoms with Crippen molar-refractivity contribution in [3.63, 3.8) is 0 Å². The average molecular weight is 269 g/mol. The van der Waals surface area contributed by atoms with Crippen LogP contribution in [-0.2, 0) is 9.59 Å². The highest BCUT2D eigenvalue weighted by atomic mass is 16.4. The molecule has 0 heterocycles. The summed E-state index contributed by atoms with van der Waals surface area (Å²) in [7, 11) is 0. The van der Waals surface area contributed by atoms with Gasteiger partial charge in [-0.25, -0.2) is 9.59 Å². The molecule has 2 aliphatic carbocycles. The molecule has 1 unspecified atom stereocenters. The highest BCUT2D eigenvalue weighted by Gasteiger charge is 2.37. The van der Waals surface area contributed by atoms with Crippen LogP contribution in [0.4, 0.5) is 4.79 Å². The summed E-state index contributed by atoms with van der Waals surface area (Å²) in [6.45, 7) is 0.658. The number of nitrogens with one attached hydrogen (secondary N) is 3. The zero-order valence-electron chi connectivity index (χ0n) is 10.6. The molecule has 0 aromatic rings. The highest BCUT2D eigenvalue weighted by Crippen LogP contribution is 2.32. The fraction of sp³-hybridized carbons (Fsp3) is 0.750. The van der Waals surface area contributed by atoms with E-state index in [1.807, 2.05) is 0 Å². The molecule has 106 valence electrons. The van der Waals surface area contributed by atoms with Gasteiger partial charge in [0.05, 0.1) is 0 Å². The summed E-state index contributed by atoms with van der Waals surface area (Å²) in [6.07, 6.45) is 3.58. The third-order valence-electron chi connectivity index (χ3n) is 3.30. The molecule has 2 fully saturated rings. The van der Waals surface area contributed by atoms with E-state index in [2.05, 4.69) is 16.0 Å². The molecule has 3 amide bonds. The molecule has 0 aromatic carbocycles. The Labute approximate surface area is 111 Å². The van der Waals surface area contributed by atoms with Crippen molar-refractivity contribution in [2.24, 2.45) is 11.8 Å². The molecule has 0 radical (unpaired) electrons. The van der Waals surface area contributed by atoms with Crippen molar-refractivity contribution in [1.29, 1.82) is 0 Å². The quantitative estimate of drug-likeness (QED) is 0.475. The predicted molar refractivity (Wildman–Crippen MR) is 66.4 cm³/mol. The minimum absolute atomic E-state index is 0.0311. The van der Waals surface area contributed by atoms with Crippen LogP contribution in [0.5, 0.6) is 0 Å². The fourth-order valence-corrected chi connectivity index (χ4v) is 1.85. The second-order valence-corrected chi connectivity index (χ2v) is 5.12. The van der Waals surface area contributed by atoms with Crippen LogP contribution in [0, 0.1) is 11.8 Å². The molecule has 0 aromatic heterocycles. The van der Waals surface area contributed by atoms with E-state index in [4.69, 9.17) is 5.11 Å². The SMILES string of the molecule is O=C(NCCNC(=O)C1CC1)NC(C(=O)O)C1CC1. The Bertz CT molecular complexity index is 377. The van der Waals surface area contributed by atoms with Crippen LogP contribution in [0.3, 0.4) is 0 Å². The Hall–Kier alpha value is -1.79. The van der Waals surface area contributed by atoms with E-state index in [-0.39, 0.29) is 17.7 Å². The Morgan fingerprint density at radius 1 is 1.05 bits per heavy atom. The van der Waals surface area contributed by atoms with Gasteiger partial charge < -0.3 is 21.1 Å². The van der Waals surface area contributed by atoms with Crippen molar-refractivity contribution in [3.05, 3.63) is 0 Å². The van der Waals surface area contributed by atoms with Crippen LogP contribution >= 0.6 is 0 Å². The van der Waals surface area contributed by atoms with Gasteiger partial charge in [0.2, 0.25) is 5.91 Å². The first-order valence-corrected chi connectivity index (χ1v) is 6.63. The second kappa shape index (κ2) is 5.90. The third kappa shape index (κ3) is 4.42. The molecule has 0 spiro atoms. The fourth-order valence-electron chi connectivity index (χ4n) is 1.85. The lowest BCUT2D eigenvalue weighted by atomic mass is 10.2. The van der Waals surface area contributed by atoms with E-state index in [0.717, 1.165) is 25.7 Å². The Kier molecular flexibility index (Phi) is 4.24. The first-order valence-electron chi connectivity index (χ1n) is 6.63. The standard InChI is InChI=1S/C12H19N3O4/c16-10(8-3-4-8)13-5-6-14-12(19)15-9(11(17)18)7-1-2-7/h7-9H,1-6H2,(H,13,16)(H,17,18)(H2,14,15,19). The third-order valence-corrected chi connectivity index (χ3v) is 3.30. The summed E-state index contributed by atoms with van der Waals surface area (Å²) < 4.78 is 0. The van der Waals surface area contributed by atoms with Crippen molar-refractivity contribution < 1.29 is 19.5 Å². The molecule has 2 rings (SSSR count). The van der Waals surface area contributed by atoms with Gasteiger partial charge in [0.1, 0.15) is 6.04 Å². The van der Waals surface area contributed by atoms with Crippen molar-refractivity contribution >= 4 is 17.9 Å². The molecule has 2 saturated carbocycles. The summed E-state index contributed by atoms with van der Waals surface area (Å²) in [4.78, 5) is 33.7. The molecule has 19 heavy (non-hydrogen) atoms. The number of hydrogen-bond acceptors (Lipinski definition) is 3. The van der Waals surface area contributed by atoms with Crippen LogP contribution in [0.2, 0.25) is 0 Å². The van der Waals surface area contributed by atoms with Gasteiger partial charge in [-0.2, -0.15) is 0 Å². The molecule has 4 N–H and O–H groups in total. The maximum Gasteiger partial charge on any atom is 0.326 e. The molecular formula is C12H19N3O4. The van der Waals surface area contributed by atoms with Crippen molar-refractivity contribution in [1.82, 2.24) is 16.0 Å². The molecule has 2 aliphatic rings. The number of amides is 3. The number of carbonyl (C=O) groups excluding carboxylic acids is 2. The van der Waals surface area contributed by atoms with Crippen LogP contribution in [0.25, 0.3) is 0 Å². The van der Waals surface area contributed by atoms with E-state index in [0.29, 0.717) is 13.1 Å². The average Bonchev–Trinajstić information content (AvgIpc) is 3.22. The lowest BCUT2D eigenvalue weighted by Crippen LogP contribution is -2.48. The minimum atomic E-state index is -1.00. The lowest BCUT2D eigenvalue weighted by Gasteiger charge is -2.14. The highest BCUT2D eigenvalue weighted by molar-refractivity contribution is 5.83. The van der Waals surface area contributed by atoms with Gasteiger partial charge in [0, 0.05) is 19.0 Å². The monoisotopic (exact) mass is 269 g/mol. The number of urea groups is 1. The summed E-state index contributed by atoms with van der Waals surface area (Å²) >= 11 is 0. The van der Waals surface area contributed by atoms with Gasteiger partial charge in [-0.3, -0.25) is 4.79 Å². The maximum absolute atomic E-state index is 11.5. The number of aliphatic carboxylic acids is 1. The number of carboxylic acid groups (broad SMARTS) is 1. The lowest BCUT2D eigenvalue weighted by molar-refractivity contribution is -0.139. The number of hydrogen-bond donors (Lipinski definition) is 4. The normalized spacial score (nSPS) is 19.4. The number of rotatable bonds is 7. The first-order chi connectivity index (χ1) is 9.08. The topological polar surface area (TPSA) is 108 Å². The van der Waals surface area contributed by atoms with Crippen LogP contribution in [0.1, 0.15) is 25.7 Å². The molecular weight excluding hydrogens is 250 g/mol. The van der Waals surface area contributed by atoms with Crippen molar-refractivity contribution in [2.75, 3.05) is 13.1 Å². The van der Waals surface area contributed by atoms with Gasteiger partial charge in [-0.15, -0.1) is 0 Å². The Balaban J connectivity index is 1.58. The maximum atomic E-state index is 11.5. The summed E-state index contributed by atoms with van der Waals surface area (Å²) in [5.74, 6) is -0.763. The van der Waals surface area contributed by atoms with E-state index in [9.17, 15) is 14.4 Å². The largest absolute Gasteiger partial charge is 0.480 e. The zero-order chi connectivity index (χ0) is 13.8. The van der Waals surface area contributed by atoms with Gasteiger partial charge in [0.25, 0.3) is 0 Å². The van der Waals surface area contributed by atoms with Gasteiger partial charge in [-0.05, 0) is 31.6 Å². The summed E-state index contributed by atoms with van der Waals surface area (Å²) in [6, 6.07) is -1.30. The molecule has 0 saturated heterocycles. The first kappa shape index (κ1) is 13.6. The van der Waals surface area contributed by atoms with E-state index >= 15 is 0 Å². The molecule has 0 aliphatic heterocycles. The van der Waals surface area contributed by atoms with Gasteiger partial charge in [-0.1, -0.05) is 0 Å². The van der Waals surface area contributed by atoms with Crippen LogP contribution in [-0.4, -0.2) is 42.1 Å². The smallest absolute Gasteiger partial charge is 0.326 e. The zero-order valence-corrected chi connectivity index (χ0v) is 10.6. The van der Waals surface area contributed by atoms with Crippen molar-refractivity contribution in [3.8, 4) is 0 Å². The van der Waals surface area contributed by atoms with E-state index < -0.39 is 18.0 Å². The summed E-state index contributed by atoms with van der Waals surface area (Å²) in [5.41, 5.74) is 0. The molecule has 7 heteroatoms. The Morgan fingerprint density at radius 2 is 1.68 bits per heavy atom.